The molecule has 2 unspecified atom stereocenters. The largest absolute Gasteiger partial charge is 0.544 e. The summed E-state index contributed by atoms with van der Waals surface area (Å²) in [6, 6.07) is -0.738. The average molecular weight is 746 g/mol. The molecule has 2 atom stereocenters. The van der Waals surface area contributed by atoms with Crippen molar-refractivity contribution in [1.29, 1.82) is 0 Å². The summed E-state index contributed by atoms with van der Waals surface area (Å²) in [4.78, 5) is 36.7. The minimum atomic E-state index is -1.14. The summed E-state index contributed by atoms with van der Waals surface area (Å²) in [5.74, 6) is -1.86. The standard InChI is InChI=1S/C45H79NO7/c1-6-8-10-12-14-16-18-20-21-22-24-25-27-29-31-33-35-43(47)52-40-41(39-51-38-37-42(45(49)50)46(3,4)5)53-44(48)36-34-32-30-28-26-23-19-17-15-13-11-9-7-2/h21-26,30,32,41-42H,6-20,27-29,31,33-40H2,1-5H3/b22-21+,25-24+,26-23+,32-30+. The van der Waals surface area contributed by atoms with Crippen molar-refractivity contribution in [3.05, 3.63) is 48.6 Å². The maximum atomic E-state index is 12.6. The number of rotatable bonds is 37. The summed E-state index contributed by atoms with van der Waals surface area (Å²) in [6.07, 6.45) is 41.5. The molecule has 0 aromatic carbocycles. The van der Waals surface area contributed by atoms with E-state index in [-0.39, 0.29) is 43.1 Å². The summed E-state index contributed by atoms with van der Waals surface area (Å²) in [5, 5.41) is 11.6. The second-order valence-electron chi connectivity index (χ2n) is 15.2. The van der Waals surface area contributed by atoms with Gasteiger partial charge in [0.2, 0.25) is 0 Å². The monoisotopic (exact) mass is 746 g/mol. The van der Waals surface area contributed by atoms with Gasteiger partial charge in [-0.1, -0.05) is 140 Å². The Bertz CT molecular complexity index is 1010. The first-order chi connectivity index (χ1) is 25.6. The zero-order chi connectivity index (χ0) is 39.3. The molecule has 0 N–H and O–H groups in total. The number of hydrogen-bond acceptors (Lipinski definition) is 7. The lowest BCUT2D eigenvalue weighted by molar-refractivity contribution is -0.889. The van der Waals surface area contributed by atoms with Crippen LogP contribution in [-0.4, -0.2) is 75.5 Å². The molecule has 306 valence electrons. The molecule has 0 bridgehead atoms. The first kappa shape index (κ1) is 50.3. The number of esters is 2. The van der Waals surface area contributed by atoms with E-state index in [1.165, 1.54) is 83.5 Å². The Morgan fingerprint density at radius 1 is 0.585 bits per heavy atom. The molecule has 0 saturated heterocycles. The van der Waals surface area contributed by atoms with Gasteiger partial charge in [-0.25, -0.2) is 0 Å². The fraction of sp³-hybridized carbons (Fsp3) is 0.756. The minimum absolute atomic E-state index is 0.00893. The van der Waals surface area contributed by atoms with Crippen LogP contribution in [0.1, 0.15) is 168 Å². The van der Waals surface area contributed by atoms with E-state index in [2.05, 4.69) is 56.4 Å². The Labute approximate surface area is 325 Å². The Balaban J connectivity index is 4.49. The SMILES string of the molecule is CCCCCCCC/C=C/C/C=C/CCC(=O)OC(COCCC(C(=O)[O-])[N+](C)(C)C)COC(=O)CCCCC/C=C/C=C/CCCCCCCCC. The van der Waals surface area contributed by atoms with Crippen LogP contribution >= 0.6 is 0 Å². The second-order valence-corrected chi connectivity index (χ2v) is 15.2. The smallest absolute Gasteiger partial charge is 0.306 e. The normalized spacial score (nSPS) is 13.5. The number of carbonyl (C=O) groups excluding carboxylic acids is 3. The van der Waals surface area contributed by atoms with Crippen LogP contribution in [0.25, 0.3) is 0 Å². The number of quaternary nitrogens is 1. The third-order valence-corrected chi connectivity index (χ3v) is 9.23. The van der Waals surface area contributed by atoms with Crippen LogP contribution in [-0.2, 0) is 28.6 Å². The predicted octanol–water partition coefficient (Wildman–Crippen LogP) is 9.91. The number of ether oxygens (including phenoxy) is 3. The Morgan fingerprint density at radius 2 is 1.09 bits per heavy atom. The van der Waals surface area contributed by atoms with Crippen LogP contribution in [0.2, 0.25) is 0 Å². The maximum absolute atomic E-state index is 12.6. The molecule has 0 saturated carbocycles. The van der Waals surface area contributed by atoms with Gasteiger partial charge in [-0.15, -0.1) is 0 Å². The number of nitrogens with zero attached hydrogens (tertiary/aromatic N) is 1. The van der Waals surface area contributed by atoms with Crippen molar-refractivity contribution in [2.45, 2.75) is 180 Å². The Morgan fingerprint density at radius 3 is 1.64 bits per heavy atom. The van der Waals surface area contributed by atoms with Crippen LogP contribution in [0.3, 0.4) is 0 Å². The summed E-state index contributed by atoms with van der Waals surface area (Å²) >= 11 is 0. The van der Waals surface area contributed by atoms with Gasteiger partial charge in [0, 0.05) is 19.3 Å². The van der Waals surface area contributed by atoms with Gasteiger partial charge in [0.25, 0.3) is 0 Å². The fourth-order valence-electron chi connectivity index (χ4n) is 5.88. The first-order valence-electron chi connectivity index (χ1n) is 21.2. The molecule has 0 radical (unpaired) electrons. The zero-order valence-electron chi connectivity index (χ0n) is 34.7. The predicted molar refractivity (Wildman–Crippen MR) is 217 cm³/mol. The number of hydrogen-bond donors (Lipinski definition) is 0. The van der Waals surface area contributed by atoms with Gasteiger partial charge in [0.1, 0.15) is 12.6 Å². The van der Waals surface area contributed by atoms with Crippen molar-refractivity contribution in [2.24, 2.45) is 0 Å². The lowest BCUT2D eigenvalue weighted by atomic mass is 10.1. The lowest BCUT2D eigenvalue weighted by Gasteiger charge is -2.34. The minimum Gasteiger partial charge on any atom is -0.544 e. The zero-order valence-corrected chi connectivity index (χ0v) is 34.7. The van der Waals surface area contributed by atoms with Gasteiger partial charge in [-0.05, 0) is 57.8 Å². The highest BCUT2D eigenvalue weighted by atomic mass is 16.6. The van der Waals surface area contributed by atoms with Gasteiger partial charge in [-0.3, -0.25) is 9.59 Å². The maximum Gasteiger partial charge on any atom is 0.306 e. The molecule has 0 fully saturated rings. The molecule has 0 aliphatic carbocycles. The molecule has 53 heavy (non-hydrogen) atoms. The number of aliphatic carboxylic acids is 1. The number of carboxylic acid groups (broad SMARTS) is 1. The lowest BCUT2D eigenvalue weighted by Crippen LogP contribution is -2.55. The van der Waals surface area contributed by atoms with Gasteiger partial charge in [-0.2, -0.15) is 0 Å². The molecule has 0 aromatic heterocycles. The van der Waals surface area contributed by atoms with E-state index in [1.807, 2.05) is 6.08 Å². The molecular formula is C45H79NO7. The molecule has 0 spiro atoms. The Kier molecular flexibility index (Phi) is 34.4. The van der Waals surface area contributed by atoms with Gasteiger partial charge < -0.3 is 28.6 Å². The number of unbranched alkanes of at least 4 members (excludes halogenated alkanes) is 16. The quantitative estimate of drug-likeness (QED) is 0.0205. The summed E-state index contributed by atoms with van der Waals surface area (Å²) in [6.45, 7) is 4.54. The third kappa shape index (κ3) is 34.8. The van der Waals surface area contributed by atoms with E-state index in [4.69, 9.17) is 14.2 Å². The fourth-order valence-corrected chi connectivity index (χ4v) is 5.88. The van der Waals surface area contributed by atoms with E-state index >= 15 is 0 Å². The van der Waals surface area contributed by atoms with Crippen LogP contribution < -0.4 is 5.11 Å². The molecule has 0 amide bonds. The van der Waals surface area contributed by atoms with Crippen molar-refractivity contribution < 1.29 is 38.2 Å². The van der Waals surface area contributed by atoms with Crippen molar-refractivity contribution >= 4 is 17.9 Å². The number of allylic oxidation sites excluding steroid dienone is 8. The summed E-state index contributed by atoms with van der Waals surface area (Å²) < 4.78 is 17.0. The second kappa shape index (κ2) is 36.3. The van der Waals surface area contributed by atoms with Gasteiger partial charge >= 0.3 is 11.9 Å². The molecule has 0 aromatic rings. The first-order valence-corrected chi connectivity index (χ1v) is 21.2. The molecular weight excluding hydrogens is 666 g/mol. The van der Waals surface area contributed by atoms with E-state index < -0.39 is 24.1 Å². The number of carboxylic acids is 1. The van der Waals surface area contributed by atoms with E-state index in [9.17, 15) is 19.5 Å². The van der Waals surface area contributed by atoms with Crippen LogP contribution in [0.5, 0.6) is 0 Å². The summed E-state index contributed by atoms with van der Waals surface area (Å²) in [5.41, 5.74) is 0. The van der Waals surface area contributed by atoms with E-state index in [0.717, 1.165) is 44.9 Å². The molecule has 0 heterocycles. The molecule has 0 aliphatic rings. The van der Waals surface area contributed by atoms with Crippen molar-refractivity contribution in [3.8, 4) is 0 Å². The Hall–Kier alpha value is -2.71. The highest BCUT2D eigenvalue weighted by Gasteiger charge is 2.25. The van der Waals surface area contributed by atoms with Crippen LogP contribution in [0, 0.1) is 0 Å². The molecule has 8 heteroatoms. The van der Waals surface area contributed by atoms with Crippen LogP contribution in [0.4, 0.5) is 0 Å². The number of carbonyl (C=O) groups is 3. The molecule has 0 aliphatic heterocycles. The summed E-state index contributed by atoms with van der Waals surface area (Å²) in [7, 11) is 5.37. The molecule has 0 rings (SSSR count). The third-order valence-electron chi connectivity index (χ3n) is 9.23. The van der Waals surface area contributed by atoms with Gasteiger partial charge in [0.15, 0.2) is 6.10 Å². The van der Waals surface area contributed by atoms with E-state index in [1.54, 1.807) is 21.1 Å². The van der Waals surface area contributed by atoms with Gasteiger partial charge in [0.05, 0.1) is 40.3 Å². The van der Waals surface area contributed by atoms with Crippen molar-refractivity contribution in [3.63, 3.8) is 0 Å². The highest BCUT2D eigenvalue weighted by molar-refractivity contribution is 5.70. The topological polar surface area (TPSA) is 102 Å². The highest BCUT2D eigenvalue weighted by Crippen LogP contribution is 2.12. The molecule has 8 nitrogen and oxygen atoms in total. The van der Waals surface area contributed by atoms with E-state index in [0.29, 0.717) is 12.8 Å². The van der Waals surface area contributed by atoms with Crippen molar-refractivity contribution in [2.75, 3.05) is 41.0 Å². The van der Waals surface area contributed by atoms with Crippen molar-refractivity contribution in [1.82, 2.24) is 0 Å². The van der Waals surface area contributed by atoms with Crippen LogP contribution in [0.15, 0.2) is 48.6 Å². The number of likely N-dealkylation sites (N-methyl/N-ethyl adjacent to an activating group) is 1. The average Bonchev–Trinajstić information content (AvgIpc) is 3.11.